The second kappa shape index (κ2) is 6.20. The van der Waals surface area contributed by atoms with E-state index in [4.69, 9.17) is 5.73 Å². The highest BCUT2D eigenvalue weighted by molar-refractivity contribution is 5.25. The van der Waals surface area contributed by atoms with E-state index in [1.54, 1.807) is 12.1 Å². The molecule has 1 aromatic carbocycles. The molecular weight excluding hydrogens is 253 g/mol. The molecule has 2 aliphatic heterocycles. The molecule has 4 heteroatoms. The van der Waals surface area contributed by atoms with Crippen LogP contribution >= 0.6 is 0 Å². The molecule has 2 aliphatic rings. The van der Waals surface area contributed by atoms with Gasteiger partial charge >= 0.3 is 0 Å². The van der Waals surface area contributed by atoms with Gasteiger partial charge in [-0.25, -0.2) is 4.39 Å². The number of likely N-dealkylation sites (tertiary alicyclic amines) is 2. The fraction of sp³-hybridized carbons (Fsp3) is 0.625. The molecule has 0 amide bonds. The average molecular weight is 277 g/mol. The van der Waals surface area contributed by atoms with Crippen LogP contribution in [0.1, 0.15) is 30.4 Å². The summed E-state index contributed by atoms with van der Waals surface area (Å²) in [6.07, 6.45) is 3.89. The van der Waals surface area contributed by atoms with Crippen LogP contribution in [0.5, 0.6) is 0 Å². The van der Waals surface area contributed by atoms with Crippen molar-refractivity contribution < 1.29 is 4.39 Å². The number of halogens is 1. The molecule has 3 nitrogen and oxygen atoms in total. The van der Waals surface area contributed by atoms with E-state index in [2.05, 4.69) is 9.80 Å². The molecule has 3 rings (SSSR count). The third kappa shape index (κ3) is 3.03. The van der Waals surface area contributed by atoms with Gasteiger partial charge in [0.1, 0.15) is 5.82 Å². The summed E-state index contributed by atoms with van der Waals surface area (Å²) in [4.78, 5) is 4.98. The number of nitrogens with two attached hydrogens (primary N) is 1. The maximum atomic E-state index is 13.9. The minimum absolute atomic E-state index is 0.105. The topological polar surface area (TPSA) is 32.5 Å². The Balaban J connectivity index is 1.61. The van der Waals surface area contributed by atoms with E-state index in [-0.39, 0.29) is 5.82 Å². The second-order valence-corrected chi connectivity index (χ2v) is 6.05. The predicted octanol–water partition coefficient (Wildman–Crippen LogP) is 1.95. The Morgan fingerprint density at radius 1 is 1.20 bits per heavy atom. The van der Waals surface area contributed by atoms with Crippen LogP contribution in [0.4, 0.5) is 4.39 Å². The van der Waals surface area contributed by atoms with Gasteiger partial charge in [0.2, 0.25) is 0 Å². The van der Waals surface area contributed by atoms with E-state index in [1.165, 1.54) is 32.4 Å². The van der Waals surface area contributed by atoms with Crippen LogP contribution in [-0.4, -0.2) is 42.0 Å². The minimum atomic E-state index is -0.105. The number of rotatable bonds is 4. The van der Waals surface area contributed by atoms with Crippen molar-refractivity contribution in [1.29, 1.82) is 0 Å². The summed E-state index contributed by atoms with van der Waals surface area (Å²) in [6.45, 7) is 5.83. The molecular formula is C16H24FN3. The quantitative estimate of drug-likeness (QED) is 0.913. The Hall–Kier alpha value is -0.970. The lowest BCUT2D eigenvalue weighted by Gasteiger charge is -2.23. The molecule has 2 saturated heterocycles. The largest absolute Gasteiger partial charge is 0.326 e. The van der Waals surface area contributed by atoms with Gasteiger partial charge in [-0.15, -0.1) is 0 Å². The summed E-state index contributed by atoms with van der Waals surface area (Å²) < 4.78 is 13.9. The van der Waals surface area contributed by atoms with Crippen molar-refractivity contribution in [2.75, 3.05) is 26.2 Å². The van der Waals surface area contributed by atoms with Crippen LogP contribution < -0.4 is 5.73 Å². The Bertz CT molecular complexity index is 457. The molecule has 0 saturated carbocycles. The lowest BCUT2D eigenvalue weighted by atomic mass is 10.1. The van der Waals surface area contributed by atoms with Crippen LogP contribution in [0.25, 0.3) is 0 Å². The molecule has 2 N–H and O–H groups in total. The van der Waals surface area contributed by atoms with Crippen LogP contribution in [0, 0.1) is 5.82 Å². The zero-order valence-corrected chi connectivity index (χ0v) is 12.0. The average Bonchev–Trinajstić information content (AvgIpc) is 3.12. The normalized spacial score (nSPS) is 24.6. The Kier molecular flexibility index (Phi) is 4.34. The van der Waals surface area contributed by atoms with Gasteiger partial charge in [0, 0.05) is 37.8 Å². The first-order chi connectivity index (χ1) is 9.76. The summed E-state index contributed by atoms with van der Waals surface area (Å²) in [5.74, 6) is -0.105. The molecule has 0 bridgehead atoms. The van der Waals surface area contributed by atoms with E-state index in [0.29, 0.717) is 19.1 Å². The molecule has 1 unspecified atom stereocenters. The van der Waals surface area contributed by atoms with Crippen molar-refractivity contribution in [2.45, 2.75) is 38.4 Å². The van der Waals surface area contributed by atoms with Crippen LogP contribution in [0.2, 0.25) is 0 Å². The third-order valence-electron chi connectivity index (χ3n) is 4.64. The smallest absolute Gasteiger partial charge is 0.127 e. The Morgan fingerprint density at radius 2 is 2.00 bits per heavy atom. The molecule has 20 heavy (non-hydrogen) atoms. The summed E-state index contributed by atoms with van der Waals surface area (Å²) >= 11 is 0. The molecule has 0 spiro atoms. The van der Waals surface area contributed by atoms with Crippen molar-refractivity contribution in [2.24, 2.45) is 5.73 Å². The van der Waals surface area contributed by atoms with Gasteiger partial charge in [-0.3, -0.25) is 9.80 Å². The fourth-order valence-electron chi connectivity index (χ4n) is 3.48. The summed E-state index contributed by atoms with van der Waals surface area (Å²) in [5.41, 5.74) is 7.44. The van der Waals surface area contributed by atoms with E-state index >= 15 is 0 Å². The third-order valence-corrected chi connectivity index (χ3v) is 4.64. The zero-order chi connectivity index (χ0) is 13.9. The highest BCUT2D eigenvalue weighted by Crippen LogP contribution is 2.22. The SMILES string of the molecule is NCc1ccc(F)c(CN2CCC(N3CCCC3)C2)c1. The first-order valence-electron chi connectivity index (χ1n) is 7.70. The van der Waals surface area contributed by atoms with Crippen molar-refractivity contribution in [3.05, 3.63) is 35.1 Å². The lowest BCUT2D eigenvalue weighted by Crippen LogP contribution is -2.35. The summed E-state index contributed by atoms with van der Waals surface area (Å²) in [5, 5.41) is 0. The second-order valence-electron chi connectivity index (χ2n) is 6.05. The van der Waals surface area contributed by atoms with Gasteiger partial charge in [-0.1, -0.05) is 12.1 Å². The standard InChI is InChI=1S/C16H24FN3/c17-16-4-3-13(10-18)9-14(16)11-19-8-5-15(12-19)20-6-1-2-7-20/h3-4,9,15H,1-2,5-8,10-12,18H2. The van der Waals surface area contributed by atoms with Crippen LogP contribution in [0.3, 0.4) is 0 Å². The predicted molar refractivity (Wildman–Crippen MR) is 78.8 cm³/mol. The zero-order valence-electron chi connectivity index (χ0n) is 12.0. The number of benzene rings is 1. The molecule has 2 heterocycles. The highest BCUT2D eigenvalue weighted by atomic mass is 19.1. The van der Waals surface area contributed by atoms with Gasteiger partial charge in [0.05, 0.1) is 0 Å². The van der Waals surface area contributed by atoms with Crippen molar-refractivity contribution >= 4 is 0 Å². The maximum absolute atomic E-state index is 13.9. The fourth-order valence-corrected chi connectivity index (χ4v) is 3.48. The molecule has 1 atom stereocenters. The van der Waals surface area contributed by atoms with Crippen LogP contribution in [-0.2, 0) is 13.1 Å². The lowest BCUT2D eigenvalue weighted by molar-refractivity contribution is 0.229. The van der Waals surface area contributed by atoms with Gasteiger partial charge in [0.15, 0.2) is 0 Å². The first-order valence-corrected chi connectivity index (χ1v) is 7.70. The highest BCUT2D eigenvalue weighted by Gasteiger charge is 2.29. The van der Waals surface area contributed by atoms with Gasteiger partial charge in [-0.05, 0) is 44.0 Å². The minimum Gasteiger partial charge on any atom is -0.326 e. The van der Waals surface area contributed by atoms with Gasteiger partial charge in [0.25, 0.3) is 0 Å². The number of nitrogens with zero attached hydrogens (tertiary/aromatic N) is 2. The maximum Gasteiger partial charge on any atom is 0.127 e. The van der Waals surface area contributed by atoms with Crippen molar-refractivity contribution in [1.82, 2.24) is 9.80 Å². The first kappa shape index (κ1) is 14.0. The van der Waals surface area contributed by atoms with E-state index in [9.17, 15) is 4.39 Å². The van der Waals surface area contributed by atoms with E-state index < -0.39 is 0 Å². The molecule has 110 valence electrons. The monoisotopic (exact) mass is 277 g/mol. The Morgan fingerprint density at radius 3 is 2.75 bits per heavy atom. The van der Waals surface area contributed by atoms with Crippen molar-refractivity contribution in [3.63, 3.8) is 0 Å². The molecule has 1 aromatic rings. The number of hydrogen-bond acceptors (Lipinski definition) is 3. The molecule has 0 aromatic heterocycles. The number of hydrogen-bond donors (Lipinski definition) is 1. The summed E-state index contributed by atoms with van der Waals surface area (Å²) in [7, 11) is 0. The summed E-state index contributed by atoms with van der Waals surface area (Å²) in [6, 6.07) is 5.91. The van der Waals surface area contributed by atoms with Gasteiger partial charge in [-0.2, -0.15) is 0 Å². The van der Waals surface area contributed by atoms with E-state index in [0.717, 1.165) is 24.2 Å². The molecule has 0 radical (unpaired) electrons. The van der Waals surface area contributed by atoms with Crippen LogP contribution in [0.15, 0.2) is 18.2 Å². The van der Waals surface area contributed by atoms with Gasteiger partial charge < -0.3 is 5.73 Å². The molecule has 2 fully saturated rings. The van der Waals surface area contributed by atoms with Crippen molar-refractivity contribution in [3.8, 4) is 0 Å². The molecule has 0 aliphatic carbocycles. The van der Waals surface area contributed by atoms with E-state index in [1.807, 2.05) is 6.07 Å². The Labute approximate surface area is 120 Å².